The molecule has 0 amide bonds. The summed E-state index contributed by atoms with van der Waals surface area (Å²) in [6.45, 7) is 5.12. The van der Waals surface area contributed by atoms with Gasteiger partial charge >= 0.3 is 0 Å². The fourth-order valence-electron chi connectivity index (χ4n) is 2.64. The highest BCUT2D eigenvalue weighted by atomic mass is 127. The topological polar surface area (TPSA) is 48.9 Å². The van der Waals surface area contributed by atoms with Gasteiger partial charge in [-0.25, -0.2) is 0 Å². The van der Waals surface area contributed by atoms with Crippen LogP contribution in [-0.2, 0) is 17.8 Å². The van der Waals surface area contributed by atoms with E-state index in [-0.39, 0.29) is 24.0 Å². The molecule has 1 aromatic heterocycles. The number of nitrogens with zero attached hydrogens (tertiary/aromatic N) is 2. The Morgan fingerprint density at radius 3 is 2.48 bits per heavy atom. The average Bonchev–Trinajstić information content (AvgIpc) is 3.17. The lowest BCUT2D eigenvalue weighted by Crippen LogP contribution is -2.36. The van der Waals surface area contributed by atoms with Gasteiger partial charge in [0.1, 0.15) is 0 Å². The van der Waals surface area contributed by atoms with Crippen molar-refractivity contribution in [2.75, 3.05) is 38.3 Å². The average molecular weight is 472 g/mol. The van der Waals surface area contributed by atoms with Crippen LogP contribution in [-0.4, -0.2) is 39.3 Å². The number of morpholine rings is 1. The summed E-state index contributed by atoms with van der Waals surface area (Å²) in [6, 6.07) is 12.9. The van der Waals surface area contributed by atoms with Gasteiger partial charge in [0, 0.05) is 37.2 Å². The first-order chi connectivity index (χ1) is 11.8. The number of thiophene rings is 1. The Morgan fingerprint density at radius 1 is 1.12 bits per heavy atom. The third-order valence-electron chi connectivity index (χ3n) is 4.01. The zero-order chi connectivity index (χ0) is 16.6. The van der Waals surface area contributed by atoms with Crippen LogP contribution in [0.15, 0.2) is 46.8 Å². The second-order valence-corrected chi connectivity index (χ2v) is 6.66. The van der Waals surface area contributed by atoms with E-state index >= 15 is 0 Å². The van der Waals surface area contributed by atoms with E-state index in [1.54, 1.807) is 18.4 Å². The second-order valence-electron chi connectivity index (χ2n) is 5.62. The molecule has 0 unspecified atom stereocenters. The quantitative estimate of drug-likeness (QED) is 0.399. The molecule has 5 nitrogen and oxygen atoms in total. The van der Waals surface area contributed by atoms with Crippen LogP contribution in [0.25, 0.3) is 0 Å². The minimum atomic E-state index is 0. The number of benzene rings is 1. The molecule has 2 aromatic rings. The predicted molar refractivity (Wildman–Crippen MR) is 116 cm³/mol. The predicted octanol–water partition coefficient (Wildman–Crippen LogP) is 3.07. The summed E-state index contributed by atoms with van der Waals surface area (Å²) >= 11 is 1.75. The lowest BCUT2D eigenvalue weighted by atomic mass is 10.2. The van der Waals surface area contributed by atoms with Crippen LogP contribution in [0, 0.1) is 0 Å². The van der Waals surface area contributed by atoms with Gasteiger partial charge in [0.25, 0.3) is 0 Å². The van der Waals surface area contributed by atoms with Gasteiger partial charge in [0.15, 0.2) is 5.96 Å². The van der Waals surface area contributed by atoms with Crippen LogP contribution >= 0.6 is 35.3 Å². The highest BCUT2D eigenvalue weighted by Gasteiger charge is 2.10. The minimum Gasteiger partial charge on any atom is -0.378 e. The van der Waals surface area contributed by atoms with Crippen molar-refractivity contribution < 1.29 is 4.74 Å². The Kier molecular flexibility index (Phi) is 8.50. The first-order valence-electron chi connectivity index (χ1n) is 8.23. The maximum atomic E-state index is 5.40. The molecule has 7 heteroatoms. The molecule has 1 aromatic carbocycles. The fourth-order valence-corrected chi connectivity index (χ4v) is 3.28. The molecule has 2 heterocycles. The van der Waals surface area contributed by atoms with E-state index in [0.717, 1.165) is 45.4 Å². The molecule has 0 aliphatic carbocycles. The monoisotopic (exact) mass is 472 g/mol. The number of hydrogen-bond donors (Lipinski definition) is 2. The SMILES string of the molecule is CN=C(NCc1ccc(N2CCOCC2)cc1)NCc1cccs1.I. The highest BCUT2D eigenvalue weighted by molar-refractivity contribution is 14.0. The molecule has 136 valence electrons. The van der Waals surface area contributed by atoms with Crippen molar-refractivity contribution in [1.82, 2.24) is 10.6 Å². The summed E-state index contributed by atoms with van der Waals surface area (Å²) in [5.41, 5.74) is 2.51. The van der Waals surface area contributed by atoms with Crippen molar-refractivity contribution >= 4 is 47.0 Å². The van der Waals surface area contributed by atoms with E-state index in [9.17, 15) is 0 Å². The van der Waals surface area contributed by atoms with Crippen LogP contribution in [0.2, 0.25) is 0 Å². The normalized spacial score (nSPS) is 14.8. The van der Waals surface area contributed by atoms with Crippen LogP contribution in [0.4, 0.5) is 5.69 Å². The number of aliphatic imine (C=N–C) groups is 1. The van der Waals surface area contributed by atoms with Crippen molar-refractivity contribution in [2.24, 2.45) is 4.99 Å². The van der Waals surface area contributed by atoms with E-state index in [1.165, 1.54) is 16.1 Å². The molecule has 1 aliphatic heterocycles. The molecule has 0 radical (unpaired) electrons. The number of ether oxygens (including phenoxy) is 1. The number of rotatable bonds is 5. The summed E-state index contributed by atoms with van der Waals surface area (Å²) in [5, 5.41) is 8.78. The maximum absolute atomic E-state index is 5.40. The van der Waals surface area contributed by atoms with Crippen molar-refractivity contribution in [3.05, 3.63) is 52.2 Å². The van der Waals surface area contributed by atoms with Gasteiger partial charge in [-0.1, -0.05) is 18.2 Å². The third kappa shape index (κ3) is 6.16. The third-order valence-corrected chi connectivity index (χ3v) is 4.88. The van der Waals surface area contributed by atoms with Crippen LogP contribution in [0.3, 0.4) is 0 Å². The van der Waals surface area contributed by atoms with Crippen LogP contribution in [0.5, 0.6) is 0 Å². The smallest absolute Gasteiger partial charge is 0.191 e. The molecule has 0 atom stereocenters. The van der Waals surface area contributed by atoms with E-state index in [2.05, 4.69) is 62.3 Å². The molecule has 25 heavy (non-hydrogen) atoms. The molecule has 1 aliphatic rings. The number of nitrogens with one attached hydrogen (secondary N) is 2. The number of hydrogen-bond acceptors (Lipinski definition) is 4. The molecule has 0 spiro atoms. The number of anilines is 1. The Morgan fingerprint density at radius 2 is 1.84 bits per heavy atom. The summed E-state index contributed by atoms with van der Waals surface area (Å²) in [4.78, 5) is 7.93. The van der Waals surface area contributed by atoms with Crippen molar-refractivity contribution in [3.8, 4) is 0 Å². The molecule has 0 bridgehead atoms. The van der Waals surface area contributed by atoms with Crippen molar-refractivity contribution in [2.45, 2.75) is 13.1 Å². The first kappa shape index (κ1) is 20.0. The molecule has 2 N–H and O–H groups in total. The number of halogens is 1. The van der Waals surface area contributed by atoms with Crippen LogP contribution in [0.1, 0.15) is 10.4 Å². The largest absolute Gasteiger partial charge is 0.378 e. The summed E-state index contributed by atoms with van der Waals surface area (Å²) in [5.74, 6) is 0.820. The van der Waals surface area contributed by atoms with Gasteiger partial charge in [-0.2, -0.15) is 0 Å². The van der Waals surface area contributed by atoms with E-state index < -0.39 is 0 Å². The molecule has 3 rings (SSSR count). The van der Waals surface area contributed by atoms with Crippen molar-refractivity contribution in [3.63, 3.8) is 0 Å². The number of guanidine groups is 1. The molecule has 1 fully saturated rings. The van der Waals surface area contributed by atoms with Crippen molar-refractivity contribution in [1.29, 1.82) is 0 Å². The molecular weight excluding hydrogens is 447 g/mol. The summed E-state index contributed by atoms with van der Waals surface area (Å²) in [7, 11) is 1.80. The van der Waals surface area contributed by atoms with Gasteiger partial charge in [0.2, 0.25) is 0 Å². The Balaban J connectivity index is 0.00000225. The maximum Gasteiger partial charge on any atom is 0.191 e. The second kappa shape index (κ2) is 10.6. The highest BCUT2D eigenvalue weighted by Crippen LogP contribution is 2.16. The van der Waals surface area contributed by atoms with E-state index in [0.29, 0.717) is 0 Å². The van der Waals surface area contributed by atoms with Gasteiger partial charge in [-0.3, -0.25) is 4.99 Å². The Bertz CT molecular complexity index is 640. The fraction of sp³-hybridized carbons (Fsp3) is 0.389. The minimum absolute atomic E-state index is 0. The van der Waals surface area contributed by atoms with Crippen LogP contribution < -0.4 is 15.5 Å². The van der Waals surface area contributed by atoms with E-state index in [1.807, 2.05) is 0 Å². The molecule has 0 saturated carbocycles. The lowest BCUT2D eigenvalue weighted by molar-refractivity contribution is 0.122. The summed E-state index contributed by atoms with van der Waals surface area (Å²) in [6.07, 6.45) is 0. The first-order valence-corrected chi connectivity index (χ1v) is 9.11. The zero-order valence-corrected chi connectivity index (χ0v) is 17.6. The lowest BCUT2D eigenvalue weighted by Gasteiger charge is -2.28. The van der Waals surface area contributed by atoms with Gasteiger partial charge in [-0.15, -0.1) is 35.3 Å². The molecule has 1 saturated heterocycles. The van der Waals surface area contributed by atoms with Gasteiger partial charge < -0.3 is 20.3 Å². The Hall–Kier alpha value is -1.32. The molecular formula is C18H25IN4OS. The summed E-state index contributed by atoms with van der Waals surface area (Å²) < 4.78 is 5.40. The zero-order valence-electron chi connectivity index (χ0n) is 14.4. The standard InChI is InChI=1S/C18H24N4OS.HI/c1-19-18(21-14-17-3-2-12-24-17)20-13-15-4-6-16(7-5-15)22-8-10-23-11-9-22;/h2-7,12H,8-11,13-14H2,1H3,(H2,19,20,21);1H. The van der Waals surface area contributed by atoms with Gasteiger partial charge in [0.05, 0.1) is 19.8 Å². The van der Waals surface area contributed by atoms with Gasteiger partial charge in [-0.05, 0) is 29.1 Å². The van der Waals surface area contributed by atoms with E-state index in [4.69, 9.17) is 4.74 Å². The Labute approximate surface area is 170 Å².